The van der Waals surface area contributed by atoms with Crippen molar-refractivity contribution in [1.29, 1.82) is 0 Å². The molecule has 0 amide bonds. The second-order valence-corrected chi connectivity index (χ2v) is 3.64. The molecule has 0 spiro atoms. The van der Waals surface area contributed by atoms with E-state index >= 15 is 0 Å². The van der Waals surface area contributed by atoms with Crippen LogP contribution in [0.2, 0.25) is 0 Å². The first-order chi connectivity index (χ1) is 7.70. The summed E-state index contributed by atoms with van der Waals surface area (Å²) in [7, 11) is 0. The third kappa shape index (κ3) is 3.27. The zero-order valence-electron chi connectivity index (χ0n) is 9.47. The molecule has 1 aliphatic heterocycles. The van der Waals surface area contributed by atoms with Crippen molar-refractivity contribution < 1.29 is 25.5 Å². The minimum atomic E-state index is -0.290. The van der Waals surface area contributed by atoms with E-state index in [2.05, 4.69) is 10.4 Å². The molecule has 0 bridgehead atoms. The van der Waals surface area contributed by atoms with Gasteiger partial charge in [0.15, 0.2) is 0 Å². The van der Waals surface area contributed by atoms with Crippen LogP contribution in [0.3, 0.4) is 0 Å². The largest absolute Gasteiger partial charge is 0.466 e. The molecule has 17 heavy (non-hydrogen) atoms. The van der Waals surface area contributed by atoms with Gasteiger partial charge < -0.3 is 21.2 Å². The first-order valence-corrected chi connectivity index (χ1v) is 5.19. The molecular formula is C11H14FN4Pt-. The molecule has 4 nitrogen and oxygen atoms in total. The van der Waals surface area contributed by atoms with Crippen molar-refractivity contribution in [3.05, 3.63) is 34.9 Å². The summed E-state index contributed by atoms with van der Waals surface area (Å²) in [5.74, 6) is 0.384. The van der Waals surface area contributed by atoms with Gasteiger partial charge in [-0.2, -0.15) is 0 Å². The topological polar surface area (TPSA) is 55.7 Å². The molecule has 0 aromatic heterocycles. The molecule has 0 saturated heterocycles. The first kappa shape index (κ1) is 14.1. The maximum Gasteiger partial charge on any atom is 0.147 e. The number of benzene rings is 1. The standard InChI is InChI=1S/C11H14FN4.Pt/c1-8-14-4-5-16(15-8)11-3-2-9(7-13)6-10(11)12;/h2-3,6H,4-5,7,13H2,1H3;/q-1;. The summed E-state index contributed by atoms with van der Waals surface area (Å²) in [6.45, 7) is 3.40. The molecule has 1 heterocycles. The monoisotopic (exact) mass is 416 g/mol. The Hall–Kier alpha value is -0.932. The second kappa shape index (κ2) is 6.12. The third-order valence-electron chi connectivity index (χ3n) is 2.44. The average molecular weight is 416 g/mol. The van der Waals surface area contributed by atoms with Gasteiger partial charge in [-0.15, -0.1) is 0 Å². The van der Waals surface area contributed by atoms with Crippen molar-refractivity contribution in [2.45, 2.75) is 13.5 Å². The molecule has 2 N–H and O–H groups in total. The van der Waals surface area contributed by atoms with Crippen LogP contribution in [-0.2, 0) is 27.6 Å². The number of halogens is 1. The zero-order chi connectivity index (χ0) is 11.5. The van der Waals surface area contributed by atoms with Gasteiger partial charge in [-0.1, -0.05) is 11.9 Å². The average Bonchev–Trinajstić information content (AvgIpc) is 2.28. The molecule has 1 aliphatic rings. The van der Waals surface area contributed by atoms with E-state index in [1.165, 1.54) is 6.07 Å². The van der Waals surface area contributed by atoms with Crippen molar-refractivity contribution >= 4 is 11.5 Å². The van der Waals surface area contributed by atoms with Crippen LogP contribution in [0.5, 0.6) is 0 Å². The van der Waals surface area contributed by atoms with Gasteiger partial charge in [-0.3, -0.25) is 0 Å². The molecule has 0 atom stereocenters. The molecule has 0 saturated carbocycles. The number of nitrogens with zero attached hydrogens (tertiary/aromatic N) is 3. The van der Waals surface area contributed by atoms with Gasteiger partial charge in [0, 0.05) is 34.2 Å². The van der Waals surface area contributed by atoms with Gasteiger partial charge in [0.05, 0.1) is 5.69 Å². The van der Waals surface area contributed by atoms with Crippen LogP contribution in [-0.4, -0.2) is 18.9 Å². The van der Waals surface area contributed by atoms with Gasteiger partial charge >= 0.3 is 0 Å². The molecule has 2 rings (SSSR count). The van der Waals surface area contributed by atoms with E-state index in [0.29, 0.717) is 31.2 Å². The number of hydrazone groups is 1. The van der Waals surface area contributed by atoms with Crippen LogP contribution in [0.15, 0.2) is 23.3 Å². The van der Waals surface area contributed by atoms with Gasteiger partial charge in [0.2, 0.25) is 0 Å². The fourth-order valence-corrected chi connectivity index (χ4v) is 1.62. The van der Waals surface area contributed by atoms with Crippen LogP contribution in [0.25, 0.3) is 5.32 Å². The van der Waals surface area contributed by atoms with E-state index in [-0.39, 0.29) is 26.9 Å². The van der Waals surface area contributed by atoms with E-state index in [1.807, 2.05) is 6.07 Å². The smallest absolute Gasteiger partial charge is 0.147 e. The number of anilines is 1. The summed E-state index contributed by atoms with van der Waals surface area (Å²) in [6, 6.07) is 4.97. The van der Waals surface area contributed by atoms with Gasteiger partial charge in [0.25, 0.3) is 0 Å². The van der Waals surface area contributed by atoms with E-state index < -0.39 is 0 Å². The fraction of sp³-hybridized carbons (Fsp3) is 0.364. The first-order valence-electron chi connectivity index (χ1n) is 5.19. The normalized spacial score (nSPS) is 14.8. The second-order valence-electron chi connectivity index (χ2n) is 3.64. The van der Waals surface area contributed by atoms with E-state index in [0.717, 1.165) is 5.56 Å². The van der Waals surface area contributed by atoms with E-state index in [9.17, 15) is 4.39 Å². The Morgan fingerprint density at radius 1 is 1.53 bits per heavy atom. The van der Waals surface area contributed by atoms with Crippen LogP contribution in [0.1, 0.15) is 12.5 Å². The quantitative estimate of drug-likeness (QED) is 0.800. The molecule has 1 aromatic carbocycles. The maximum atomic E-state index is 13.8. The predicted molar refractivity (Wildman–Crippen MR) is 63.0 cm³/mol. The van der Waals surface area contributed by atoms with Gasteiger partial charge in [-0.05, 0) is 31.2 Å². The van der Waals surface area contributed by atoms with Gasteiger partial charge in [0.1, 0.15) is 5.82 Å². The van der Waals surface area contributed by atoms with Crippen molar-refractivity contribution in [3.63, 3.8) is 0 Å². The molecule has 0 unspecified atom stereocenters. The third-order valence-corrected chi connectivity index (χ3v) is 2.44. The summed E-state index contributed by atoms with van der Waals surface area (Å²) in [4.78, 5) is 0. The Kier molecular flexibility index (Phi) is 5.09. The van der Waals surface area contributed by atoms with E-state index in [4.69, 9.17) is 5.73 Å². The summed E-state index contributed by atoms with van der Waals surface area (Å²) < 4.78 is 13.8. The van der Waals surface area contributed by atoms with Crippen molar-refractivity contribution in [3.8, 4) is 0 Å². The van der Waals surface area contributed by atoms with Crippen LogP contribution in [0.4, 0.5) is 10.1 Å². The van der Waals surface area contributed by atoms with Crippen molar-refractivity contribution in [2.75, 3.05) is 18.1 Å². The SMILES string of the molecule is CC1=NN(c2ccc(CN)cc2F)CC[N-]1.[Pt]. The van der Waals surface area contributed by atoms with E-state index in [1.54, 1.807) is 18.0 Å². The summed E-state index contributed by atoms with van der Waals surface area (Å²) in [5.41, 5.74) is 6.71. The molecule has 0 fully saturated rings. The Morgan fingerprint density at radius 2 is 2.29 bits per heavy atom. The molecular weight excluding hydrogens is 402 g/mol. The molecule has 96 valence electrons. The molecule has 0 radical (unpaired) electrons. The van der Waals surface area contributed by atoms with Crippen LogP contribution in [0, 0.1) is 5.82 Å². The minimum absolute atomic E-state index is 0. The number of hydrogen-bond acceptors (Lipinski definition) is 3. The predicted octanol–water partition coefficient (Wildman–Crippen LogP) is 1.81. The number of nitrogens with two attached hydrogens (primary N) is 1. The summed E-state index contributed by atoms with van der Waals surface area (Å²) in [5, 5.41) is 9.95. The minimum Gasteiger partial charge on any atom is -0.466 e. The molecule has 6 heteroatoms. The van der Waals surface area contributed by atoms with Crippen molar-refractivity contribution in [1.82, 2.24) is 0 Å². The Bertz CT molecular complexity index is 422. The maximum absolute atomic E-state index is 13.8. The summed E-state index contributed by atoms with van der Waals surface area (Å²) in [6.07, 6.45) is 0. The van der Waals surface area contributed by atoms with Crippen LogP contribution < -0.4 is 10.7 Å². The molecule has 0 aliphatic carbocycles. The number of hydrogen-bond donors (Lipinski definition) is 1. The van der Waals surface area contributed by atoms with Gasteiger partial charge in [-0.25, -0.2) is 4.39 Å². The molecule has 1 aromatic rings. The fourth-order valence-electron chi connectivity index (χ4n) is 1.62. The van der Waals surface area contributed by atoms with Crippen molar-refractivity contribution in [2.24, 2.45) is 10.8 Å². The number of rotatable bonds is 2. The summed E-state index contributed by atoms with van der Waals surface area (Å²) >= 11 is 0. The Balaban J connectivity index is 0.00000144. The number of amidine groups is 1. The zero-order valence-corrected chi connectivity index (χ0v) is 11.7. The van der Waals surface area contributed by atoms with Crippen LogP contribution >= 0.6 is 0 Å². The Morgan fingerprint density at radius 3 is 2.88 bits per heavy atom. The Labute approximate surface area is 114 Å².